The van der Waals surface area contributed by atoms with Crippen molar-refractivity contribution in [1.29, 1.82) is 0 Å². The number of nitrogens with one attached hydrogen (secondary N) is 2. The number of aryl methyl sites for hydroxylation is 1. The molecule has 0 unspecified atom stereocenters. The summed E-state index contributed by atoms with van der Waals surface area (Å²) in [5, 5.41) is 18.0. The quantitative estimate of drug-likeness (QED) is 0.0827. The van der Waals surface area contributed by atoms with Gasteiger partial charge >= 0.3 is 5.13 Å². The summed E-state index contributed by atoms with van der Waals surface area (Å²) in [6.07, 6.45) is 0. The van der Waals surface area contributed by atoms with Crippen LogP contribution in [0.4, 0.5) is 38.7 Å². The highest BCUT2D eigenvalue weighted by Gasteiger charge is 2.25. The molecule has 0 saturated carbocycles. The first-order valence-electron chi connectivity index (χ1n) is 12.9. The molecule has 43 heavy (non-hydrogen) atoms. The molecule has 0 bridgehead atoms. The number of nitrogens with zero attached hydrogens (tertiary/aromatic N) is 5. The second-order valence-electron chi connectivity index (χ2n) is 9.45. The minimum Gasteiger partial charge on any atom is -0.726 e. The van der Waals surface area contributed by atoms with Crippen molar-refractivity contribution in [2.45, 2.75) is 46.7 Å². The zero-order chi connectivity index (χ0) is 32.5. The Balaban J connectivity index is 0.000000973. The number of nitrogens with two attached hydrogens (primary N) is 1. The van der Waals surface area contributed by atoms with Crippen LogP contribution >= 0.6 is 11.3 Å². The minimum absolute atomic E-state index is 0.0998. The van der Waals surface area contributed by atoms with Gasteiger partial charge in [0, 0.05) is 18.2 Å². The van der Waals surface area contributed by atoms with E-state index in [1.165, 1.54) is 18.4 Å². The maximum atomic E-state index is 12.5. The Morgan fingerprint density at radius 3 is 2.16 bits per heavy atom. The van der Waals surface area contributed by atoms with Gasteiger partial charge in [0.05, 0.1) is 47.8 Å². The minimum atomic E-state index is -4.41. The van der Waals surface area contributed by atoms with Gasteiger partial charge in [-0.25, -0.2) is 16.8 Å². The van der Waals surface area contributed by atoms with E-state index in [0.29, 0.717) is 33.6 Å². The zero-order valence-corrected chi connectivity index (χ0v) is 27.7. The van der Waals surface area contributed by atoms with Gasteiger partial charge in [0.15, 0.2) is 0 Å². The van der Waals surface area contributed by atoms with Crippen LogP contribution in [-0.4, -0.2) is 58.5 Å². The van der Waals surface area contributed by atoms with Crippen molar-refractivity contribution in [1.82, 2.24) is 5.10 Å². The third-order valence-corrected chi connectivity index (χ3v) is 8.37. The summed E-state index contributed by atoms with van der Waals surface area (Å²) >= 11 is 1.40. The van der Waals surface area contributed by atoms with Crippen molar-refractivity contribution in [3.8, 4) is 5.75 Å². The number of benzene rings is 2. The molecule has 3 aromatic rings. The van der Waals surface area contributed by atoms with Crippen molar-refractivity contribution in [3.05, 3.63) is 36.4 Å². The van der Waals surface area contributed by atoms with Gasteiger partial charge in [0.2, 0.25) is 25.6 Å². The molecule has 3 rings (SSSR count). The lowest BCUT2D eigenvalue weighted by atomic mass is 10.2. The smallest absolute Gasteiger partial charge is 0.431 e. The lowest BCUT2D eigenvalue weighted by Crippen LogP contribution is -2.39. The molecule has 18 heteroatoms. The Hall–Kier alpha value is -3.58. The van der Waals surface area contributed by atoms with Gasteiger partial charge in [-0.05, 0) is 69.3 Å². The maximum Gasteiger partial charge on any atom is 0.431 e. The molecule has 0 atom stereocenters. The molecule has 1 heterocycles. The number of para-hydroxylation sites is 2. The summed E-state index contributed by atoms with van der Waals surface area (Å²) in [4.78, 5) is 2.20. The van der Waals surface area contributed by atoms with E-state index in [4.69, 9.17) is 10.5 Å². The summed E-state index contributed by atoms with van der Waals surface area (Å²) in [5.74, 6) is 0.342. The predicted molar refractivity (Wildman–Crippen MR) is 167 cm³/mol. The van der Waals surface area contributed by atoms with E-state index in [1.54, 1.807) is 36.9 Å². The summed E-state index contributed by atoms with van der Waals surface area (Å²) in [6, 6.07) is 11.0. The highest BCUT2D eigenvalue weighted by molar-refractivity contribution is 7.92. The Labute approximate surface area is 256 Å². The van der Waals surface area contributed by atoms with Crippen molar-refractivity contribution < 1.29 is 35.0 Å². The van der Waals surface area contributed by atoms with Crippen LogP contribution in [0.2, 0.25) is 0 Å². The van der Waals surface area contributed by atoms with Crippen LogP contribution in [0.3, 0.4) is 0 Å². The summed E-state index contributed by atoms with van der Waals surface area (Å²) in [6.45, 7) is 10.0. The second-order valence-corrected chi connectivity index (χ2v) is 13.5. The molecule has 0 amide bonds. The molecule has 0 fully saturated rings. The number of nitrogen functional groups attached to an aromatic ring is 1. The normalized spacial score (nSPS) is 11.9. The Morgan fingerprint density at radius 1 is 1.05 bits per heavy atom. The fourth-order valence-electron chi connectivity index (χ4n) is 3.66. The highest BCUT2D eigenvalue weighted by atomic mass is 32.3. The monoisotopic (exact) mass is 658 g/mol. The molecule has 0 aliphatic rings. The number of hydrogen-bond donors (Lipinski definition) is 3. The largest absolute Gasteiger partial charge is 0.726 e. The zero-order valence-electron chi connectivity index (χ0n) is 25.2. The van der Waals surface area contributed by atoms with Crippen LogP contribution in [0.5, 0.6) is 5.75 Å². The lowest BCUT2D eigenvalue weighted by Gasteiger charge is -2.28. The molecule has 4 N–H and O–H groups in total. The number of ether oxygens (including phenoxy) is 1. The van der Waals surface area contributed by atoms with E-state index in [1.807, 2.05) is 18.2 Å². The Morgan fingerprint density at radius 2 is 1.65 bits per heavy atom. The van der Waals surface area contributed by atoms with Gasteiger partial charge < -0.3 is 25.2 Å². The van der Waals surface area contributed by atoms with Crippen molar-refractivity contribution in [3.63, 3.8) is 0 Å². The average Bonchev–Trinajstić information content (AvgIpc) is 3.28. The Kier molecular flexibility index (Phi) is 12.6. The first-order valence-corrected chi connectivity index (χ1v) is 16.7. The summed E-state index contributed by atoms with van der Waals surface area (Å²) < 4.78 is 65.8. The first kappa shape index (κ1) is 35.6. The van der Waals surface area contributed by atoms with Crippen LogP contribution in [0.25, 0.3) is 0 Å². The Bertz CT molecular complexity index is 1620. The van der Waals surface area contributed by atoms with E-state index in [-0.39, 0.29) is 23.5 Å². The van der Waals surface area contributed by atoms with Crippen LogP contribution in [0, 0.1) is 0 Å². The number of hydrogen-bond acceptors (Lipinski definition) is 14. The maximum absolute atomic E-state index is 12.5. The third-order valence-electron chi connectivity index (χ3n) is 5.67. The third kappa shape index (κ3) is 10.6. The molecule has 0 aliphatic carbocycles. The molecular formula is C25H38N8O7S3. The van der Waals surface area contributed by atoms with Gasteiger partial charge in [-0.15, -0.1) is 4.68 Å². The molecule has 2 aromatic carbocycles. The SMILES string of the molecule is CCS(=O)(=O)Nc1cc(Nc2ccccc2N)c(OC)cc1N=Nc1sc(N(C(C)C)C(C)C)n[n+]1C.COS(=O)(=O)[O-]. The fourth-order valence-corrected chi connectivity index (χ4v) is 5.41. The number of anilines is 5. The molecule has 1 aromatic heterocycles. The molecule has 238 valence electrons. The fraction of sp³-hybridized carbons (Fsp3) is 0.440. The van der Waals surface area contributed by atoms with Gasteiger partial charge in [0.25, 0.3) is 0 Å². The summed E-state index contributed by atoms with van der Waals surface area (Å²) in [7, 11) is -3.88. The molecule has 0 saturated heterocycles. The van der Waals surface area contributed by atoms with Gasteiger partial charge in [-0.1, -0.05) is 17.2 Å². The molecular weight excluding hydrogens is 621 g/mol. The first-order chi connectivity index (χ1) is 20.0. The van der Waals surface area contributed by atoms with Crippen LogP contribution < -0.4 is 30.1 Å². The number of methoxy groups -OCH3 is 1. The topological polar surface area (TPSA) is 205 Å². The number of sulfonamides is 1. The molecule has 0 aliphatic heterocycles. The molecule has 0 spiro atoms. The standard InChI is InChI=1S/C24H34N8O3S2.CH4O4S/c1-8-37(33,34)30-20-13-21(26-18-12-10-9-11-17(18)25)22(35-7)14-19(20)27-28-23-31(6)29-24(36-23)32(15(2)3)16(4)5;1-5-6(2,3)4/h9-16H,8H2,1-7H3,(H3,25,26,27,30);1H3,(H,2,3,4). The van der Waals surface area contributed by atoms with Gasteiger partial charge in [-0.3, -0.25) is 8.91 Å². The predicted octanol–water partition coefficient (Wildman–Crippen LogP) is 4.20. The molecule has 15 nitrogen and oxygen atoms in total. The van der Waals surface area contributed by atoms with Crippen molar-refractivity contribution in [2.75, 3.05) is 40.6 Å². The van der Waals surface area contributed by atoms with Gasteiger partial charge in [-0.2, -0.15) is 0 Å². The number of azo groups is 1. The van der Waals surface area contributed by atoms with E-state index in [2.05, 4.69) is 62.1 Å². The number of aromatic nitrogens is 2. The van der Waals surface area contributed by atoms with Crippen LogP contribution in [0.1, 0.15) is 34.6 Å². The number of rotatable bonds is 12. The van der Waals surface area contributed by atoms with Crippen molar-refractivity contribution >= 4 is 70.5 Å². The summed E-state index contributed by atoms with van der Waals surface area (Å²) in [5.41, 5.74) is 8.33. The highest BCUT2D eigenvalue weighted by Crippen LogP contribution is 2.40. The van der Waals surface area contributed by atoms with E-state index in [9.17, 15) is 21.4 Å². The lowest BCUT2D eigenvalue weighted by molar-refractivity contribution is -0.712. The van der Waals surface area contributed by atoms with Gasteiger partial charge in [0.1, 0.15) is 18.5 Å². The second kappa shape index (κ2) is 15.2. The van der Waals surface area contributed by atoms with Crippen LogP contribution in [-0.2, 0) is 31.7 Å². The van der Waals surface area contributed by atoms with Crippen LogP contribution in [0.15, 0.2) is 46.6 Å². The molecule has 0 radical (unpaired) electrons. The average molecular weight is 659 g/mol. The van der Waals surface area contributed by atoms with Crippen molar-refractivity contribution in [2.24, 2.45) is 17.3 Å². The van der Waals surface area contributed by atoms with E-state index >= 15 is 0 Å². The van der Waals surface area contributed by atoms with E-state index < -0.39 is 20.4 Å². The van der Waals surface area contributed by atoms with E-state index in [0.717, 1.165) is 12.2 Å².